The van der Waals surface area contributed by atoms with E-state index in [0.717, 1.165) is 47.2 Å². The number of aromatic nitrogens is 2. The van der Waals surface area contributed by atoms with Crippen LogP contribution in [0.2, 0.25) is 5.02 Å². The minimum atomic E-state index is -3.85. The number of allylic oxidation sites excluding steroid dienone is 1. The van der Waals surface area contributed by atoms with E-state index in [0.29, 0.717) is 17.1 Å². The molecular formula is C30H29ClN4O4S. The molecule has 0 bridgehead atoms. The molecule has 3 N–H and O–H groups in total. The van der Waals surface area contributed by atoms with Gasteiger partial charge in [0.1, 0.15) is 0 Å². The fourth-order valence-corrected chi connectivity index (χ4v) is 5.43. The van der Waals surface area contributed by atoms with Crippen LogP contribution in [0, 0.1) is 0 Å². The molecule has 5 rings (SSSR count). The van der Waals surface area contributed by atoms with Crippen LogP contribution in [-0.2, 0) is 16.4 Å². The van der Waals surface area contributed by atoms with Gasteiger partial charge < -0.3 is 10.1 Å². The molecule has 206 valence electrons. The number of nitrogens with two attached hydrogens (primary N) is 1. The second kappa shape index (κ2) is 11.7. The Morgan fingerprint density at radius 3 is 2.38 bits per heavy atom. The van der Waals surface area contributed by atoms with E-state index in [1.807, 2.05) is 61.5 Å². The maximum atomic E-state index is 13.0. The number of rotatable bonds is 6. The van der Waals surface area contributed by atoms with Crippen molar-refractivity contribution in [2.24, 2.45) is 5.14 Å². The lowest BCUT2D eigenvalue weighted by molar-refractivity contribution is 0.194. The topological polar surface area (TPSA) is 116 Å². The van der Waals surface area contributed by atoms with Gasteiger partial charge in [0.2, 0.25) is 15.9 Å². The molecular weight excluding hydrogens is 548 g/mol. The van der Waals surface area contributed by atoms with Gasteiger partial charge in [-0.15, -0.1) is 5.10 Å². The summed E-state index contributed by atoms with van der Waals surface area (Å²) >= 11 is 6.10. The number of primary sulfonamides is 1. The number of ether oxygens (including phenoxy) is 1. The smallest absolute Gasteiger partial charge is 0.389 e. The van der Waals surface area contributed by atoms with Crippen molar-refractivity contribution >= 4 is 39.4 Å². The maximum absolute atomic E-state index is 13.0. The summed E-state index contributed by atoms with van der Waals surface area (Å²) < 4.78 is 31.2. The summed E-state index contributed by atoms with van der Waals surface area (Å²) in [6.45, 7) is 1.88. The highest BCUT2D eigenvalue weighted by atomic mass is 35.5. The molecule has 1 aliphatic rings. The Kier molecular flexibility index (Phi) is 8.07. The van der Waals surface area contributed by atoms with E-state index in [4.69, 9.17) is 26.6 Å². The predicted octanol–water partition coefficient (Wildman–Crippen LogP) is 6.29. The number of amides is 1. The zero-order chi connectivity index (χ0) is 28.3. The number of carbonyl (C=O) groups is 1. The molecule has 4 aromatic rings. The van der Waals surface area contributed by atoms with Crippen molar-refractivity contribution < 1.29 is 17.9 Å². The van der Waals surface area contributed by atoms with E-state index in [-0.39, 0.29) is 16.8 Å². The number of halogens is 1. The Labute approximate surface area is 238 Å². The van der Waals surface area contributed by atoms with E-state index < -0.39 is 16.1 Å². The molecule has 0 saturated heterocycles. The van der Waals surface area contributed by atoms with Gasteiger partial charge in [-0.2, -0.15) is 0 Å². The van der Waals surface area contributed by atoms with E-state index in [2.05, 4.69) is 11.4 Å². The molecule has 0 spiro atoms. The largest absolute Gasteiger partial charge is 0.414 e. The Hall–Kier alpha value is -3.92. The first-order chi connectivity index (χ1) is 19.2. The van der Waals surface area contributed by atoms with Gasteiger partial charge in [0.25, 0.3) is 0 Å². The van der Waals surface area contributed by atoms with Crippen LogP contribution in [0.5, 0.6) is 5.88 Å². The highest BCUT2D eigenvalue weighted by Crippen LogP contribution is 2.38. The number of carbonyl (C=O) groups excluding carboxylic acids is 1. The monoisotopic (exact) mass is 576 g/mol. The van der Waals surface area contributed by atoms with E-state index >= 15 is 0 Å². The summed E-state index contributed by atoms with van der Waals surface area (Å²) in [5.41, 5.74) is 5.19. The van der Waals surface area contributed by atoms with Crippen molar-refractivity contribution in [3.63, 3.8) is 0 Å². The number of benzene rings is 3. The van der Waals surface area contributed by atoms with Gasteiger partial charge >= 0.3 is 6.09 Å². The van der Waals surface area contributed by atoms with Gasteiger partial charge in [0.15, 0.2) is 0 Å². The molecule has 1 aromatic heterocycles. The van der Waals surface area contributed by atoms with Crippen LogP contribution in [0.25, 0.3) is 17.3 Å². The van der Waals surface area contributed by atoms with E-state index in [9.17, 15) is 13.2 Å². The molecule has 40 heavy (non-hydrogen) atoms. The third kappa shape index (κ3) is 6.28. The lowest BCUT2D eigenvalue weighted by Crippen LogP contribution is -2.29. The molecule has 1 aliphatic carbocycles. The minimum absolute atomic E-state index is 0.00261. The number of fused-ring (bicyclic) bond motifs is 1. The average Bonchev–Trinajstić information content (AvgIpc) is 3.15. The number of hydrogen-bond acceptors (Lipinski definition) is 5. The van der Waals surface area contributed by atoms with Gasteiger partial charge in [0, 0.05) is 10.6 Å². The summed E-state index contributed by atoms with van der Waals surface area (Å²) in [5.74, 6) is 0.215. The lowest BCUT2D eigenvalue weighted by atomic mass is 10.0. The Balaban J connectivity index is 1.56. The first kappa shape index (κ1) is 27.6. The van der Waals surface area contributed by atoms with Crippen LogP contribution < -0.4 is 15.2 Å². The normalized spacial score (nSPS) is 15.2. The van der Waals surface area contributed by atoms with Crippen LogP contribution in [0.15, 0.2) is 83.8 Å². The molecule has 0 radical (unpaired) electrons. The van der Waals surface area contributed by atoms with Gasteiger partial charge in [-0.25, -0.2) is 23.0 Å². The highest BCUT2D eigenvalue weighted by Gasteiger charge is 2.27. The molecule has 8 nitrogen and oxygen atoms in total. The Morgan fingerprint density at radius 1 is 1.02 bits per heavy atom. The summed E-state index contributed by atoms with van der Waals surface area (Å²) in [7, 11) is -3.85. The molecule has 1 atom stereocenters. The second-order valence-corrected chi connectivity index (χ2v) is 11.7. The zero-order valence-electron chi connectivity index (χ0n) is 21.9. The predicted molar refractivity (Wildman–Crippen MR) is 156 cm³/mol. The number of nitrogens with zero attached hydrogens (tertiary/aromatic N) is 2. The zero-order valence-corrected chi connectivity index (χ0v) is 23.5. The average molecular weight is 577 g/mol. The molecule has 0 fully saturated rings. The van der Waals surface area contributed by atoms with Crippen molar-refractivity contribution in [2.45, 2.75) is 43.5 Å². The second-order valence-electron chi connectivity index (χ2n) is 9.68. The summed E-state index contributed by atoms with van der Waals surface area (Å²) in [4.78, 5) is 13.0. The number of hydrogen-bond donors (Lipinski definition) is 2. The van der Waals surface area contributed by atoms with Crippen molar-refractivity contribution in [1.29, 1.82) is 0 Å². The molecule has 1 heterocycles. The third-order valence-corrected chi connectivity index (χ3v) is 8.00. The van der Waals surface area contributed by atoms with Crippen molar-refractivity contribution in [2.75, 3.05) is 0 Å². The van der Waals surface area contributed by atoms with Crippen LogP contribution in [0.4, 0.5) is 4.79 Å². The minimum Gasteiger partial charge on any atom is -0.389 e. The van der Waals surface area contributed by atoms with Crippen molar-refractivity contribution in [3.05, 3.63) is 106 Å². The third-order valence-electron chi connectivity index (χ3n) is 6.82. The van der Waals surface area contributed by atoms with Crippen molar-refractivity contribution in [3.8, 4) is 11.6 Å². The van der Waals surface area contributed by atoms with Crippen LogP contribution in [0.1, 0.15) is 54.6 Å². The first-order valence-electron chi connectivity index (χ1n) is 12.9. The standard InChI is InChI=1S/C30H29ClN4O4S/c1-20(22-7-3-2-4-8-22)33-30(36)39-29-27-10-6-5-9-23(19-21-11-13-24(31)14-12-21)28(27)35(34-29)25-15-17-26(18-16-25)40(32,37)38/h2-4,7-8,11-20H,5-6,9-10H2,1H3,(H,33,36)(H2,32,37,38)/b23-19+/t20-/m1/s1. The highest BCUT2D eigenvalue weighted by molar-refractivity contribution is 7.89. The molecule has 1 amide bonds. The van der Waals surface area contributed by atoms with Gasteiger partial charge in [0.05, 0.1) is 22.3 Å². The van der Waals surface area contributed by atoms with Crippen LogP contribution >= 0.6 is 11.6 Å². The van der Waals surface area contributed by atoms with E-state index in [1.54, 1.807) is 16.8 Å². The van der Waals surface area contributed by atoms with Crippen LogP contribution in [-0.4, -0.2) is 24.3 Å². The van der Waals surface area contributed by atoms with Gasteiger partial charge in [-0.05, 0) is 91.8 Å². The Bertz CT molecular complexity index is 1650. The number of nitrogens with one attached hydrogen (secondary N) is 1. The van der Waals surface area contributed by atoms with E-state index in [1.165, 1.54) is 12.1 Å². The molecule has 10 heteroatoms. The van der Waals surface area contributed by atoms with Crippen LogP contribution in [0.3, 0.4) is 0 Å². The van der Waals surface area contributed by atoms with Crippen molar-refractivity contribution in [1.82, 2.24) is 15.1 Å². The fourth-order valence-electron chi connectivity index (χ4n) is 4.79. The molecule has 0 unspecified atom stereocenters. The summed E-state index contributed by atoms with van der Waals surface area (Å²) in [6.07, 6.45) is 4.75. The Morgan fingerprint density at radius 2 is 1.70 bits per heavy atom. The fraction of sp³-hybridized carbons (Fsp3) is 0.200. The molecule has 3 aromatic carbocycles. The summed E-state index contributed by atoms with van der Waals surface area (Å²) in [6, 6.07) is 23.1. The molecule has 0 aliphatic heterocycles. The number of sulfonamides is 1. The maximum Gasteiger partial charge on any atom is 0.414 e. The lowest BCUT2D eigenvalue weighted by Gasteiger charge is -2.13. The van der Waals surface area contributed by atoms with Gasteiger partial charge in [-0.1, -0.05) is 54.1 Å². The molecule has 0 saturated carbocycles. The van der Waals surface area contributed by atoms with Gasteiger partial charge in [-0.3, -0.25) is 0 Å². The SMILES string of the molecule is C[C@@H](NC(=O)Oc1nn(-c2ccc(S(N)(=O)=O)cc2)c2c1CCCC/C2=C\c1ccc(Cl)cc1)c1ccccc1. The summed E-state index contributed by atoms with van der Waals surface area (Å²) in [5, 5.41) is 13.5. The quantitative estimate of drug-likeness (QED) is 0.262. The first-order valence-corrected chi connectivity index (χ1v) is 14.9.